The fourth-order valence-corrected chi connectivity index (χ4v) is 10.4. The number of ether oxygens (including phenoxy) is 1. The van der Waals surface area contributed by atoms with E-state index in [0.717, 1.165) is 21.0 Å². The molecule has 4 aromatic carbocycles. The number of hydrogen-bond acceptors (Lipinski definition) is 9. The number of hydrogen-bond donors (Lipinski definition) is 0. The van der Waals surface area contributed by atoms with Gasteiger partial charge in [-0.1, -0.05) is 65.2 Å². The van der Waals surface area contributed by atoms with Gasteiger partial charge in [-0.3, -0.25) is 10.1 Å². The Labute approximate surface area is 305 Å². The van der Waals surface area contributed by atoms with Gasteiger partial charge in [0.05, 0.1) is 32.8 Å². The van der Waals surface area contributed by atoms with Crippen LogP contribution in [-0.4, -0.2) is 95.1 Å². The van der Waals surface area contributed by atoms with Crippen LogP contribution in [0.2, 0.25) is 0 Å². The first-order valence-corrected chi connectivity index (χ1v) is 20.9. The van der Waals surface area contributed by atoms with Crippen LogP contribution < -0.4 is 0 Å². The van der Waals surface area contributed by atoms with E-state index >= 15 is 0 Å². The fraction of sp³-hybridized carbons (Fsp3) is 0.333. The average Bonchev–Trinajstić information content (AvgIpc) is 3.10. The summed E-state index contributed by atoms with van der Waals surface area (Å²) in [6.07, 6.45) is -0.0195. The molecule has 1 fully saturated rings. The van der Waals surface area contributed by atoms with E-state index in [0.29, 0.717) is 5.56 Å². The Morgan fingerprint density at radius 3 is 1.50 bits per heavy atom. The molecule has 52 heavy (non-hydrogen) atoms. The standard InChI is InChI=1S/C36H42N4O9S3/c1-28-4-14-34(15-5-28)50(43,44)37-20-21-38(51(45,46)35-16-6-29(2)7-17-35)27-33(26-31-10-12-32(13-11-31)40(41)42)39(23-25-49-24-22-37)52(47,48)36-18-8-30(3)9-19-36/h4-19,33H,20-27H2,1-3H3. The zero-order valence-electron chi connectivity index (χ0n) is 29.2. The molecule has 0 N–H and O–H groups in total. The van der Waals surface area contributed by atoms with Crippen LogP contribution in [0.3, 0.4) is 0 Å². The SMILES string of the molecule is Cc1ccc(S(=O)(=O)N2CCOCCN(S(=O)(=O)c3ccc(C)cc3)C(Cc3ccc([N+](=O)[O-])cc3)CN(S(=O)(=O)c3ccc(C)cc3)CC2)cc1. The second kappa shape index (κ2) is 16.3. The van der Waals surface area contributed by atoms with Crippen molar-refractivity contribution in [3.05, 3.63) is 129 Å². The quantitative estimate of drug-likeness (QED) is 0.176. The minimum absolute atomic E-state index is 0.00204. The van der Waals surface area contributed by atoms with Gasteiger partial charge >= 0.3 is 0 Å². The van der Waals surface area contributed by atoms with Gasteiger partial charge in [-0.25, -0.2) is 25.3 Å². The molecule has 4 aromatic rings. The number of benzene rings is 4. The molecule has 278 valence electrons. The van der Waals surface area contributed by atoms with Crippen molar-refractivity contribution in [3.8, 4) is 0 Å². The molecular weight excluding hydrogens is 729 g/mol. The molecule has 13 nitrogen and oxygen atoms in total. The number of rotatable bonds is 9. The van der Waals surface area contributed by atoms with Crippen molar-refractivity contribution in [1.82, 2.24) is 12.9 Å². The molecule has 1 aliphatic heterocycles. The lowest BCUT2D eigenvalue weighted by molar-refractivity contribution is -0.384. The summed E-state index contributed by atoms with van der Waals surface area (Å²) in [5, 5.41) is 11.4. The molecule has 1 saturated heterocycles. The first-order valence-electron chi connectivity index (χ1n) is 16.6. The van der Waals surface area contributed by atoms with Crippen LogP contribution >= 0.6 is 0 Å². The summed E-state index contributed by atoms with van der Waals surface area (Å²) < 4.78 is 94.9. The van der Waals surface area contributed by atoms with Gasteiger partial charge in [0.15, 0.2) is 0 Å². The number of nitro groups is 1. The zero-order valence-corrected chi connectivity index (χ0v) is 31.6. The second-order valence-electron chi connectivity index (χ2n) is 12.7. The molecule has 1 aliphatic rings. The van der Waals surface area contributed by atoms with Crippen LogP contribution in [0.25, 0.3) is 0 Å². The van der Waals surface area contributed by atoms with Gasteiger partial charge in [-0.15, -0.1) is 0 Å². The normalized spacial score (nSPS) is 17.9. The van der Waals surface area contributed by atoms with Crippen LogP contribution in [0, 0.1) is 30.9 Å². The maximum Gasteiger partial charge on any atom is 0.269 e. The number of sulfonamides is 3. The molecule has 1 heterocycles. The van der Waals surface area contributed by atoms with Crippen LogP contribution in [0.5, 0.6) is 0 Å². The van der Waals surface area contributed by atoms with Crippen molar-refractivity contribution < 1.29 is 34.9 Å². The highest BCUT2D eigenvalue weighted by Crippen LogP contribution is 2.26. The Morgan fingerprint density at radius 1 is 0.596 bits per heavy atom. The van der Waals surface area contributed by atoms with Crippen molar-refractivity contribution >= 4 is 35.8 Å². The lowest BCUT2D eigenvalue weighted by Crippen LogP contribution is -2.52. The van der Waals surface area contributed by atoms with Crippen LogP contribution in [-0.2, 0) is 41.2 Å². The van der Waals surface area contributed by atoms with Gasteiger partial charge < -0.3 is 4.74 Å². The third-order valence-corrected chi connectivity index (χ3v) is 14.7. The number of non-ortho nitro benzene ring substituents is 1. The van der Waals surface area contributed by atoms with Crippen molar-refractivity contribution in [3.63, 3.8) is 0 Å². The van der Waals surface area contributed by atoms with Crippen molar-refractivity contribution in [1.29, 1.82) is 0 Å². The van der Waals surface area contributed by atoms with Crippen LogP contribution in [0.4, 0.5) is 5.69 Å². The summed E-state index contributed by atoms with van der Waals surface area (Å²) in [6, 6.07) is 23.5. The van der Waals surface area contributed by atoms with Crippen molar-refractivity contribution in [2.75, 3.05) is 45.9 Å². The Balaban J connectivity index is 1.62. The van der Waals surface area contributed by atoms with E-state index in [4.69, 9.17) is 4.74 Å². The molecule has 0 aliphatic carbocycles. The van der Waals surface area contributed by atoms with E-state index in [2.05, 4.69) is 0 Å². The van der Waals surface area contributed by atoms with Crippen molar-refractivity contribution in [2.45, 2.75) is 47.9 Å². The van der Waals surface area contributed by atoms with Gasteiger partial charge in [0.2, 0.25) is 30.1 Å². The number of nitrogens with zero attached hydrogens (tertiary/aromatic N) is 4. The maximum absolute atomic E-state index is 14.5. The summed E-state index contributed by atoms with van der Waals surface area (Å²) in [7, 11) is -12.7. The van der Waals surface area contributed by atoms with Gasteiger partial charge in [-0.2, -0.15) is 12.9 Å². The highest BCUT2D eigenvalue weighted by atomic mass is 32.2. The predicted molar refractivity (Wildman–Crippen MR) is 196 cm³/mol. The van der Waals surface area contributed by atoms with Gasteiger partial charge in [0.1, 0.15) is 0 Å². The predicted octanol–water partition coefficient (Wildman–Crippen LogP) is 4.53. The Hall–Kier alpha value is -4.03. The summed E-state index contributed by atoms with van der Waals surface area (Å²) >= 11 is 0. The molecule has 1 atom stereocenters. The molecule has 0 spiro atoms. The lowest BCUT2D eigenvalue weighted by atomic mass is 10.1. The van der Waals surface area contributed by atoms with E-state index in [1.807, 2.05) is 20.8 Å². The van der Waals surface area contributed by atoms with E-state index < -0.39 is 41.0 Å². The third kappa shape index (κ3) is 9.12. The van der Waals surface area contributed by atoms with Gasteiger partial charge in [0.25, 0.3) is 5.69 Å². The Kier molecular flexibility index (Phi) is 12.3. The average molecular weight is 771 g/mol. The minimum atomic E-state index is -4.32. The molecule has 0 amide bonds. The van der Waals surface area contributed by atoms with E-state index in [9.17, 15) is 35.4 Å². The first-order chi connectivity index (χ1) is 24.6. The monoisotopic (exact) mass is 770 g/mol. The molecule has 0 radical (unpaired) electrons. The molecule has 1 unspecified atom stereocenters. The molecule has 0 aromatic heterocycles. The molecule has 0 saturated carbocycles. The van der Waals surface area contributed by atoms with E-state index in [-0.39, 0.29) is 72.7 Å². The first kappa shape index (κ1) is 39.2. The fourth-order valence-electron chi connectivity index (χ4n) is 5.89. The Morgan fingerprint density at radius 2 is 1.02 bits per heavy atom. The summed E-state index contributed by atoms with van der Waals surface area (Å²) in [5.74, 6) is 0. The molecular formula is C36H42N4O9S3. The van der Waals surface area contributed by atoms with Crippen molar-refractivity contribution in [2.24, 2.45) is 0 Å². The summed E-state index contributed by atoms with van der Waals surface area (Å²) in [4.78, 5) is 10.8. The third-order valence-electron chi connectivity index (χ3n) is 8.93. The smallest absolute Gasteiger partial charge is 0.269 e. The van der Waals surface area contributed by atoms with E-state index in [1.54, 1.807) is 36.4 Å². The topological polar surface area (TPSA) is 165 Å². The van der Waals surface area contributed by atoms with Gasteiger partial charge in [0, 0.05) is 50.9 Å². The summed E-state index contributed by atoms with van der Waals surface area (Å²) in [6.45, 7) is 4.07. The zero-order chi connectivity index (χ0) is 37.7. The Bertz CT molecular complexity index is 2180. The van der Waals surface area contributed by atoms with E-state index in [1.165, 1.54) is 69.3 Å². The highest BCUT2D eigenvalue weighted by Gasteiger charge is 2.37. The number of nitro benzene ring substituents is 1. The minimum Gasteiger partial charge on any atom is -0.379 e. The molecule has 16 heteroatoms. The van der Waals surface area contributed by atoms with Crippen LogP contribution in [0.1, 0.15) is 22.3 Å². The highest BCUT2D eigenvalue weighted by molar-refractivity contribution is 7.89. The lowest BCUT2D eigenvalue weighted by Gasteiger charge is -2.36. The second-order valence-corrected chi connectivity index (χ2v) is 18.5. The van der Waals surface area contributed by atoms with Gasteiger partial charge in [-0.05, 0) is 69.2 Å². The maximum atomic E-state index is 14.5. The van der Waals surface area contributed by atoms with Crippen LogP contribution in [0.15, 0.2) is 112 Å². The molecule has 5 rings (SSSR count). The number of aryl methyl sites for hydroxylation is 3. The largest absolute Gasteiger partial charge is 0.379 e. The molecule has 0 bridgehead atoms. The summed E-state index contributed by atoms with van der Waals surface area (Å²) in [5.41, 5.74) is 2.92.